The van der Waals surface area contributed by atoms with Gasteiger partial charge in [-0.2, -0.15) is 5.10 Å². The van der Waals surface area contributed by atoms with Gasteiger partial charge in [0.1, 0.15) is 5.82 Å². The summed E-state index contributed by atoms with van der Waals surface area (Å²) in [5, 5.41) is 4.09. The van der Waals surface area contributed by atoms with Crippen molar-refractivity contribution in [2.75, 3.05) is 4.84 Å². The van der Waals surface area contributed by atoms with Crippen LogP contribution in [0, 0.1) is 0 Å². The lowest BCUT2D eigenvalue weighted by Gasteiger charge is -1.99. The van der Waals surface area contributed by atoms with Gasteiger partial charge in [0, 0.05) is 36.8 Å². The van der Waals surface area contributed by atoms with Crippen LogP contribution in [0.4, 0.5) is 5.82 Å². The maximum Gasteiger partial charge on any atom is 0.140 e. The molecule has 2 heterocycles. The Labute approximate surface area is 86.6 Å². The number of aryl methyl sites for hydroxylation is 1. The zero-order valence-electron chi connectivity index (χ0n) is 7.61. The van der Waals surface area contributed by atoms with Gasteiger partial charge in [-0.15, -0.1) is 0 Å². The van der Waals surface area contributed by atoms with Crippen molar-refractivity contribution in [1.29, 1.82) is 0 Å². The summed E-state index contributed by atoms with van der Waals surface area (Å²) in [6.07, 6.45) is 5.44. The molecule has 1 N–H and O–H groups in total. The summed E-state index contributed by atoms with van der Waals surface area (Å²) in [5.74, 6) is 0.632. The van der Waals surface area contributed by atoms with Gasteiger partial charge in [-0.25, -0.2) is 4.98 Å². The fraction of sp³-hybridized carbons (Fsp3) is 0.111. The number of halogens is 1. The molecule has 0 aromatic carbocycles. The van der Waals surface area contributed by atoms with Gasteiger partial charge in [0.25, 0.3) is 0 Å². The van der Waals surface area contributed by atoms with E-state index in [0.717, 1.165) is 11.1 Å². The normalized spacial score (nSPS) is 10.1. The monoisotopic (exact) mass is 208 g/mol. The largest absolute Gasteiger partial charge is 0.283 e. The summed E-state index contributed by atoms with van der Waals surface area (Å²) in [4.78, 5) is 6.50. The van der Waals surface area contributed by atoms with Gasteiger partial charge in [0.15, 0.2) is 0 Å². The molecule has 0 atom stereocenters. The number of rotatable bonds is 2. The molecule has 0 saturated heterocycles. The Hall–Kier alpha value is -1.55. The van der Waals surface area contributed by atoms with E-state index in [1.807, 2.05) is 25.4 Å². The van der Waals surface area contributed by atoms with Crippen molar-refractivity contribution in [2.24, 2.45) is 7.05 Å². The molecule has 2 aromatic heterocycles. The summed E-state index contributed by atoms with van der Waals surface area (Å²) in [5.41, 5.74) is 2.08. The Bertz CT molecular complexity index is 438. The zero-order chi connectivity index (χ0) is 9.97. The first-order valence-electron chi connectivity index (χ1n) is 4.11. The molecule has 14 heavy (non-hydrogen) atoms. The molecule has 2 aromatic rings. The van der Waals surface area contributed by atoms with Crippen molar-refractivity contribution in [3.05, 3.63) is 30.7 Å². The first-order chi connectivity index (χ1) is 6.79. The van der Waals surface area contributed by atoms with Gasteiger partial charge in [0.2, 0.25) is 0 Å². The van der Waals surface area contributed by atoms with Crippen LogP contribution in [-0.4, -0.2) is 14.8 Å². The number of nitrogens with zero attached hydrogens (tertiary/aromatic N) is 3. The molecule has 0 aliphatic carbocycles. The number of nitrogens with one attached hydrogen (secondary N) is 1. The highest BCUT2D eigenvalue weighted by Crippen LogP contribution is 2.20. The third-order valence-corrected chi connectivity index (χ3v) is 2.09. The molecule has 0 aliphatic heterocycles. The second-order valence-corrected chi connectivity index (χ2v) is 3.12. The van der Waals surface area contributed by atoms with E-state index in [2.05, 4.69) is 14.9 Å². The predicted octanol–water partition coefficient (Wildman–Crippen LogP) is 2.05. The Kier molecular flexibility index (Phi) is 2.37. The van der Waals surface area contributed by atoms with Crippen LogP contribution in [0.3, 0.4) is 0 Å². The predicted molar refractivity (Wildman–Crippen MR) is 55.9 cm³/mol. The Morgan fingerprint density at radius 2 is 2.29 bits per heavy atom. The highest BCUT2D eigenvalue weighted by atomic mass is 35.5. The summed E-state index contributed by atoms with van der Waals surface area (Å²) in [6.45, 7) is 0. The van der Waals surface area contributed by atoms with E-state index in [0.29, 0.717) is 5.82 Å². The molecule has 0 bridgehead atoms. The Balaban J connectivity index is 2.41. The van der Waals surface area contributed by atoms with Crippen molar-refractivity contribution in [3.8, 4) is 11.1 Å². The minimum Gasteiger partial charge on any atom is -0.283 e. The minimum absolute atomic E-state index is 0.632. The summed E-state index contributed by atoms with van der Waals surface area (Å²) in [6, 6.07) is 3.78. The van der Waals surface area contributed by atoms with Gasteiger partial charge >= 0.3 is 0 Å². The molecule has 0 amide bonds. The van der Waals surface area contributed by atoms with Crippen LogP contribution in [0.25, 0.3) is 11.1 Å². The molecule has 0 radical (unpaired) electrons. The maximum atomic E-state index is 5.46. The van der Waals surface area contributed by atoms with Crippen molar-refractivity contribution < 1.29 is 0 Å². The third-order valence-electron chi connectivity index (χ3n) is 1.89. The van der Waals surface area contributed by atoms with Crippen LogP contribution in [0.15, 0.2) is 30.7 Å². The molecule has 4 nitrogen and oxygen atoms in total. The van der Waals surface area contributed by atoms with Crippen molar-refractivity contribution >= 4 is 17.6 Å². The lowest BCUT2D eigenvalue weighted by atomic mass is 10.1. The van der Waals surface area contributed by atoms with E-state index in [4.69, 9.17) is 11.8 Å². The maximum absolute atomic E-state index is 5.46. The van der Waals surface area contributed by atoms with Crippen molar-refractivity contribution in [2.45, 2.75) is 0 Å². The van der Waals surface area contributed by atoms with Gasteiger partial charge in [-0.05, 0) is 17.7 Å². The van der Waals surface area contributed by atoms with E-state index in [-0.39, 0.29) is 0 Å². The number of pyridine rings is 1. The second-order valence-electron chi connectivity index (χ2n) is 2.93. The van der Waals surface area contributed by atoms with Gasteiger partial charge in [-0.1, -0.05) is 0 Å². The quantitative estimate of drug-likeness (QED) is 0.769. The number of anilines is 1. The van der Waals surface area contributed by atoms with E-state index in [1.165, 1.54) is 0 Å². The van der Waals surface area contributed by atoms with E-state index in [9.17, 15) is 0 Å². The summed E-state index contributed by atoms with van der Waals surface area (Å²) in [7, 11) is 1.88. The van der Waals surface area contributed by atoms with E-state index in [1.54, 1.807) is 17.1 Å². The highest BCUT2D eigenvalue weighted by molar-refractivity contribution is 6.23. The number of aromatic nitrogens is 3. The topological polar surface area (TPSA) is 42.7 Å². The fourth-order valence-corrected chi connectivity index (χ4v) is 1.34. The average Bonchev–Trinajstić information content (AvgIpc) is 2.65. The molecule has 0 spiro atoms. The molecule has 0 saturated carbocycles. The molecular weight excluding hydrogens is 200 g/mol. The number of hydrogen-bond donors (Lipinski definition) is 1. The molecule has 2 rings (SSSR count). The molecule has 0 unspecified atom stereocenters. The second kappa shape index (κ2) is 3.67. The molecule has 0 fully saturated rings. The van der Waals surface area contributed by atoms with Crippen LogP contribution in [0.2, 0.25) is 0 Å². The van der Waals surface area contributed by atoms with Crippen LogP contribution in [-0.2, 0) is 7.05 Å². The van der Waals surface area contributed by atoms with Crippen molar-refractivity contribution in [1.82, 2.24) is 14.8 Å². The summed E-state index contributed by atoms with van der Waals surface area (Å²) >= 11 is 5.46. The van der Waals surface area contributed by atoms with Gasteiger partial charge < -0.3 is 0 Å². The van der Waals surface area contributed by atoms with Gasteiger partial charge in [-0.3, -0.25) is 9.52 Å². The van der Waals surface area contributed by atoms with E-state index >= 15 is 0 Å². The minimum atomic E-state index is 0.632. The Morgan fingerprint density at radius 3 is 2.93 bits per heavy atom. The highest BCUT2D eigenvalue weighted by Gasteiger charge is 2.01. The lowest BCUT2D eigenvalue weighted by Crippen LogP contribution is -1.86. The Morgan fingerprint density at radius 1 is 1.43 bits per heavy atom. The smallest absolute Gasteiger partial charge is 0.140 e. The number of hydrogen-bond acceptors (Lipinski definition) is 3. The average molecular weight is 209 g/mol. The fourth-order valence-electron chi connectivity index (χ4n) is 1.23. The first kappa shape index (κ1) is 9.02. The lowest BCUT2D eigenvalue weighted by molar-refractivity contribution is 0.768. The van der Waals surface area contributed by atoms with Crippen LogP contribution in [0.1, 0.15) is 0 Å². The molecule has 72 valence electrons. The third kappa shape index (κ3) is 1.70. The zero-order valence-corrected chi connectivity index (χ0v) is 8.36. The molecular formula is C9H9ClN4. The van der Waals surface area contributed by atoms with Crippen LogP contribution < -0.4 is 4.84 Å². The van der Waals surface area contributed by atoms with Crippen molar-refractivity contribution in [3.63, 3.8) is 0 Å². The first-order valence-corrected chi connectivity index (χ1v) is 4.49. The molecule has 5 heteroatoms. The van der Waals surface area contributed by atoms with Crippen LogP contribution in [0.5, 0.6) is 0 Å². The van der Waals surface area contributed by atoms with Crippen LogP contribution >= 0.6 is 11.8 Å². The molecule has 0 aliphatic rings. The standard InChI is InChI=1S/C9H9ClN4/c1-14-6-8(5-12-14)7-2-3-11-9(4-7)13-10/h2-6H,1H3,(H,11,13). The van der Waals surface area contributed by atoms with Gasteiger partial charge in [0.05, 0.1) is 6.20 Å². The SMILES string of the molecule is Cn1cc(-c2ccnc(NCl)c2)cn1. The van der Waals surface area contributed by atoms with E-state index < -0.39 is 0 Å². The summed E-state index contributed by atoms with van der Waals surface area (Å²) < 4.78 is 1.75.